The SMILES string of the molecule is CCN(CC(C)C#N)C(=O)C(C(=O)O)C(C)(C)C. The van der Waals surface area contributed by atoms with Crippen LogP contribution in [0, 0.1) is 28.6 Å². The van der Waals surface area contributed by atoms with Gasteiger partial charge < -0.3 is 10.0 Å². The van der Waals surface area contributed by atoms with Crippen molar-refractivity contribution >= 4 is 11.9 Å². The summed E-state index contributed by atoms with van der Waals surface area (Å²) in [6, 6.07) is 2.05. The summed E-state index contributed by atoms with van der Waals surface area (Å²) in [5, 5.41) is 18.0. The summed E-state index contributed by atoms with van der Waals surface area (Å²) in [5.74, 6) is -2.91. The lowest BCUT2D eigenvalue weighted by atomic mass is 9.79. The van der Waals surface area contributed by atoms with E-state index in [1.807, 2.05) is 0 Å². The van der Waals surface area contributed by atoms with Gasteiger partial charge in [-0.15, -0.1) is 0 Å². The molecule has 0 saturated heterocycles. The van der Waals surface area contributed by atoms with Crippen molar-refractivity contribution in [3.05, 3.63) is 0 Å². The van der Waals surface area contributed by atoms with E-state index in [0.29, 0.717) is 6.54 Å². The second-order valence-corrected chi connectivity index (χ2v) is 5.54. The van der Waals surface area contributed by atoms with Crippen LogP contribution in [0.5, 0.6) is 0 Å². The summed E-state index contributed by atoms with van der Waals surface area (Å²) in [5.41, 5.74) is -0.647. The lowest BCUT2D eigenvalue weighted by Gasteiger charge is -2.31. The van der Waals surface area contributed by atoms with Crippen LogP contribution in [0.4, 0.5) is 0 Å². The van der Waals surface area contributed by atoms with Gasteiger partial charge in [0.1, 0.15) is 5.92 Å². The molecule has 2 unspecified atom stereocenters. The van der Waals surface area contributed by atoms with Gasteiger partial charge in [0.2, 0.25) is 5.91 Å². The molecule has 0 fully saturated rings. The molecule has 1 amide bonds. The normalized spacial score (nSPS) is 14.4. The Bertz CT molecular complexity index is 352. The van der Waals surface area contributed by atoms with Crippen molar-refractivity contribution < 1.29 is 14.7 Å². The van der Waals surface area contributed by atoms with Crippen LogP contribution in [0.15, 0.2) is 0 Å². The molecule has 0 spiro atoms. The molecule has 0 aromatic carbocycles. The summed E-state index contributed by atoms with van der Waals surface area (Å²) in [6.45, 7) is 9.35. The molecule has 5 heteroatoms. The molecule has 0 radical (unpaired) electrons. The molecule has 0 aromatic rings. The van der Waals surface area contributed by atoms with Crippen LogP contribution >= 0.6 is 0 Å². The number of carbonyl (C=O) groups excluding carboxylic acids is 1. The smallest absolute Gasteiger partial charge is 0.316 e. The highest BCUT2D eigenvalue weighted by Crippen LogP contribution is 2.28. The maximum Gasteiger partial charge on any atom is 0.316 e. The van der Waals surface area contributed by atoms with Crippen LogP contribution in [0.25, 0.3) is 0 Å². The third-order valence-electron chi connectivity index (χ3n) is 2.77. The maximum atomic E-state index is 12.2. The number of amides is 1. The van der Waals surface area contributed by atoms with Crippen LogP contribution in [-0.2, 0) is 9.59 Å². The summed E-state index contributed by atoms with van der Waals surface area (Å²) in [7, 11) is 0. The first-order chi connectivity index (χ1) is 8.15. The highest BCUT2D eigenvalue weighted by Gasteiger charge is 2.39. The van der Waals surface area contributed by atoms with Gasteiger partial charge in [-0.2, -0.15) is 5.26 Å². The molecule has 0 aliphatic rings. The van der Waals surface area contributed by atoms with E-state index in [4.69, 9.17) is 5.26 Å². The van der Waals surface area contributed by atoms with Gasteiger partial charge in [-0.3, -0.25) is 9.59 Å². The number of hydrogen-bond acceptors (Lipinski definition) is 3. The minimum absolute atomic E-state index is 0.270. The summed E-state index contributed by atoms with van der Waals surface area (Å²) in [6.07, 6.45) is 0. The van der Waals surface area contributed by atoms with Gasteiger partial charge in [0, 0.05) is 13.1 Å². The highest BCUT2D eigenvalue weighted by molar-refractivity contribution is 5.97. The average Bonchev–Trinajstić information content (AvgIpc) is 2.22. The lowest BCUT2D eigenvalue weighted by molar-refractivity contribution is -0.156. The standard InChI is InChI=1S/C13H22N2O3/c1-6-15(8-9(2)7-14)11(16)10(12(17)18)13(3,4)5/h9-10H,6,8H2,1-5H3,(H,17,18). The molecule has 2 atom stereocenters. The Morgan fingerprint density at radius 3 is 2.17 bits per heavy atom. The maximum absolute atomic E-state index is 12.2. The fourth-order valence-electron chi connectivity index (χ4n) is 1.78. The highest BCUT2D eigenvalue weighted by atomic mass is 16.4. The van der Waals surface area contributed by atoms with Gasteiger partial charge in [-0.1, -0.05) is 20.8 Å². The first-order valence-electron chi connectivity index (χ1n) is 6.06. The quantitative estimate of drug-likeness (QED) is 0.758. The Balaban J connectivity index is 5.07. The second-order valence-electron chi connectivity index (χ2n) is 5.54. The number of rotatable bonds is 5. The number of carboxylic acid groups (broad SMARTS) is 1. The van der Waals surface area contributed by atoms with E-state index < -0.39 is 23.2 Å². The third kappa shape index (κ3) is 4.36. The number of carbonyl (C=O) groups is 2. The molecule has 0 aliphatic heterocycles. The molecular formula is C13H22N2O3. The Labute approximate surface area is 108 Å². The van der Waals surface area contributed by atoms with E-state index in [-0.39, 0.29) is 12.5 Å². The zero-order chi connectivity index (χ0) is 14.5. The van der Waals surface area contributed by atoms with Crippen LogP contribution < -0.4 is 0 Å². The second kappa shape index (κ2) is 6.39. The van der Waals surface area contributed by atoms with Gasteiger partial charge in [-0.05, 0) is 19.3 Å². The van der Waals surface area contributed by atoms with Crippen LogP contribution in [0.2, 0.25) is 0 Å². The van der Waals surface area contributed by atoms with E-state index in [1.54, 1.807) is 34.6 Å². The van der Waals surface area contributed by atoms with Gasteiger partial charge in [0.05, 0.1) is 12.0 Å². The van der Waals surface area contributed by atoms with Crippen molar-refractivity contribution in [2.24, 2.45) is 17.3 Å². The number of hydrogen-bond donors (Lipinski definition) is 1. The first kappa shape index (κ1) is 16.4. The largest absolute Gasteiger partial charge is 0.481 e. The van der Waals surface area contributed by atoms with E-state index in [1.165, 1.54) is 4.90 Å². The van der Waals surface area contributed by atoms with Gasteiger partial charge in [-0.25, -0.2) is 0 Å². The van der Waals surface area contributed by atoms with Crippen molar-refractivity contribution in [3.8, 4) is 6.07 Å². The van der Waals surface area contributed by atoms with Gasteiger partial charge in [0.15, 0.2) is 0 Å². The Morgan fingerprint density at radius 2 is 1.89 bits per heavy atom. The van der Waals surface area contributed by atoms with Gasteiger partial charge >= 0.3 is 5.97 Å². The monoisotopic (exact) mass is 254 g/mol. The first-order valence-corrected chi connectivity index (χ1v) is 6.06. The predicted octanol–water partition coefficient (Wildman–Crippen LogP) is 1.74. The zero-order valence-corrected chi connectivity index (χ0v) is 11.7. The molecule has 0 aliphatic carbocycles. The van der Waals surface area contributed by atoms with Crippen LogP contribution in [0.3, 0.4) is 0 Å². The van der Waals surface area contributed by atoms with Crippen molar-refractivity contribution in [2.75, 3.05) is 13.1 Å². The Morgan fingerprint density at radius 1 is 1.39 bits per heavy atom. The minimum Gasteiger partial charge on any atom is -0.481 e. The van der Waals surface area contributed by atoms with Gasteiger partial charge in [0.25, 0.3) is 0 Å². The lowest BCUT2D eigenvalue weighted by Crippen LogP contribution is -2.46. The molecule has 0 heterocycles. The van der Waals surface area contributed by atoms with Crippen molar-refractivity contribution in [1.29, 1.82) is 5.26 Å². The summed E-state index contributed by atoms with van der Waals surface area (Å²) in [4.78, 5) is 24.9. The van der Waals surface area contributed by atoms with E-state index >= 15 is 0 Å². The molecule has 5 nitrogen and oxygen atoms in total. The van der Waals surface area contributed by atoms with E-state index in [2.05, 4.69) is 6.07 Å². The zero-order valence-electron chi connectivity index (χ0n) is 11.7. The molecule has 0 saturated carbocycles. The van der Waals surface area contributed by atoms with Crippen LogP contribution in [0.1, 0.15) is 34.6 Å². The fraction of sp³-hybridized carbons (Fsp3) is 0.769. The minimum atomic E-state index is -1.12. The molecule has 0 rings (SSSR count). The van der Waals surface area contributed by atoms with Crippen molar-refractivity contribution in [1.82, 2.24) is 4.90 Å². The number of nitrogens with zero attached hydrogens (tertiary/aromatic N) is 2. The summed E-state index contributed by atoms with van der Waals surface area (Å²) < 4.78 is 0. The topological polar surface area (TPSA) is 81.4 Å². The van der Waals surface area contributed by atoms with E-state index in [9.17, 15) is 14.7 Å². The Kier molecular flexibility index (Phi) is 5.83. The summed E-state index contributed by atoms with van der Waals surface area (Å²) >= 11 is 0. The molecule has 1 N–H and O–H groups in total. The molecular weight excluding hydrogens is 232 g/mol. The molecule has 0 aromatic heterocycles. The average molecular weight is 254 g/mol. The Hall–Kier alpha value is -1.57. The predicted molar refractivity (Wildman–Crippen MR) is 67.6 cm³/mol. The fourth-order valence-corrected chi connectivity index (χ4v) is 1.78. The molecule has 0 bridgehead atoms. The van der Waals surface area contributed by atoms with Crippen molar-refractivity contribution in [2.45, 2.75) is 34.6 Å². The molecule has 18 heavy (non-hydrogen) atoms. The van der Waals surface area contributed by atoms with Crippen molar-refractivity contribution in [3.63, 3.8) is 0 Å². The van der Waals surface area contributed by atoms with Crippen LogP contribution in [-0.4, -0.2) is 35.0 Å². The molecule has 102 valence electrons. The third-order valence-corrected chi connectivity index (χ3v) is 2.77. The number of carboxylic acids is 1. The number of nitriles is 1. The van der Waals surface area contributed by atoms with E-state index in [0.717, 1.165) is 0 Å². The number of aliphatic carboxylic acids is 1.